The number of hydrogen-bond acceptors (Lipinski definition) is 12. The molecule has 14 heteroatoms. The van der Waals surface area contributed by atoms with E-state index in [4.69, 9.17) is 18.9 Å². The zero-order valence-corrected chi connectivity index (χ0v) is 35.5. The first-order valence-corrected chi connectivity index (χ1v) is 21.1. The molecule has 14 nitrogen and oxygen atoms in total. The van der Waals surface area contributed by atoms with E-state index in [1.807, 2.05) is 158 Å². The van der Waals surface area contributed by atoms with Crippen molar-refractivity contribution in [1.29, 1.82) is 0 Å². The summed E-state index contributed by atoms with van der Waals surface area (Å²) in [7, 11) is 0. The molecule has 0 spiro atoms. The molecule has 0 fully saturated rings. The van der Waals surface area contributed by atoms with Crippen molar-refractivity contribution in [3.05, 3.63) is 215 Å². The lowest BCUT2D eigenvalue weighted by Crippen LogP contribution is -1.99. The number of rotatable bonds is 16. The van der Waals surface area contributed by atoms with E-state index in [2.05, 4.69) is 75.5 Å². The number of fused-ring (bicyclic) bond motifs is 2. The smallest absolute Gasteiger partial charge is 0.197 e. The Bertz CT molecular complexity index is 3140. The number of aromatic nitrogens is 10. The van der Waals surface area contributed by atoms with Gasteiger partial charge in [-0.3, -0.25) is 0 Å². The van der Waals surface area contributed by atoms with Gasteiger partial charge in [-0.25, -0.2) is 9.97 Å². The Morgan fingerprint density at radius 1 is 0.379 bits per heavy atom. The SMILES string of the molecule is C(=C\c1nn[nH]n1)/c1ccc(OCc2ccc(OCc3ccc4ccccc4n3)cc2)cc1.C(=C\c1nn[nH]n1)/c1cccc(OCc2ccc(OCc3ccc4ccccc4n3)cc2)c1. The number of nitrogens with zero attached hydrogens (tertiary/aromatic N) is 8. The van der Waals surface area contributed by atoms with E-state index >= 15 is 0 Å². The van der Waals surface area contributed by atoms with E-state index in [9.17, 15) is 0 Å². The monoisotopic (exact) mass is 870 g/mol. The van der Waals surface area contributed by atoms with Crippen LogP contribution in [-0.2, 0) is 26.4 Å². The minimum Gasteiger partial charge on any atom is -0.489 e. The highest BCUT2D eigenvalue weighted by Crippen LogP contribution is 2.22. The average molecular weight is 871 g/mol. The van der Waals surface area contributed by atoms with E-state index in [1.165, 1.54) is 0 Å². The fourth-order valence-electron chi connectivity index (χ4n) is 6.59. The molecule has 0 amide bonds. The van der Waals surface area contributed by atoms with Crippen molar-refractivity contribution in [2.75, 3.05) is 0 Å². The Morgan fingerprint density at radius 2 is 0.848 bits per heavy atom. The lowest BCUT2D eigenvalue weighted by atomic mass is 10.2. The second-order valence-corrected chi connectivity index (χ2v) is 14.8. The minimum atomic E-state index is 0.421. The van der Waals surface area contributed by atoms with E-state index in [-0.39, 0.29) is 0 Å². The molecule has 10 aromatic rings. The van der Waals surface area contributed by atoms with Crippen molar-refractivity contribution in [2.24, 2.45) is 0 Å². The van der Waals surface area contributed by atoms with Gasteiger partial charge in [-0.15, -0.1) is 20.4 Å². The maximum absolute atomic E-state index is 5.95. The molecule has 2 N–H and O–H groups in total. The van der Waals surface area contributed by atoms with Crippen LogP contribution in [0.2, 0.25) is 0 Å². The highest BCUT2D eigenvalue weighted by Gasteiger charge is 2.05. The summed E-state index contributed by atoms with van der Waals surface area (Å²) in [6.07, 6.45) is 7.41. The van der Waals surface area contributed by atoms with Crippen LogP contribution in [0, 0.1) is 0 Å². The first-order chi connectivity index (χ1) is 32.6. The third-order valence-electron chi connectivity index (χ3n) is 10.1. The van der Waals surface area contributed by atoms with E-state index in [0.29, 0.717) is 38.1 Å². The van der Waals surface area contributed by atoms with Crippen molar-refractivity contribution < 1.29 is 18.9 Å². The molecule has 10 rings (SSSR count). The lowest BCUT2D eigenvalue weighted by molar-refractivity contribution is 0.298. The van der Waals surface area contributed by atoms with Gasteiger partial charge in [0.25, 0.3) is 0 Å². The van der Waals surface area contributed by atoms with Crippen LogP contribution in [-0.4, -0.2) is 51.2 Å². The summed E-state index contributed by atoms with van der Waals surface area (Å²) < 4.78 is 23.6. The van der Waals surface area contributed by atoms with Gasteiger partial charge in [-0.05, 0) is 118 Å². The Morgan fingerprint density at radius 3 is 1.36 bits per heavy atom. The topological polar surface area (TPSA) is 172 Å². The van der Waals surface area contributed by atoms with Crippen molar-refractivity contribution >= 4 is 46.1 Å². The predicted molar refractivity (Wildman–Crippen MR) is 253 cm³/mol. The van der Waals surface area contributed by atoms with Gasteiger partial charge >= 0.3 is 0 Å². The molecule has 4 aromatic heterocycles. The molecule has 0 aliphatic rings. The summed E-state index contributed by atoms with van der Waals surface area (Å²) in [5.41, 5.74) is 7.87. The maximum Gasteiger partial charge on any atom is 0.197 e. The lowest BCUT2D eigenvalue weighted by Gasteiger charge is -2.09. The highest BCUT2D eigenvalue weighted by atomic mass is 16.5. The number of tetrazole rings is 2. The highest BCUT2D eigenvalue weighted by molar-refractivity contribution is 5.79. The Balaban J connectivity index is 0.000000166. The molecule has 0 radical (unpaired) electrons. The number of para-hydroxylation sites is 2. The molecule has 0 atom stereocenters. The van der Waals surface area contributed by atoms with Crippen LogP contribution in [0.15, 0.2) is 170 Å². The van der Waals surface area contributed by atoms with Crippen molar-refractivity contribution in [3.63, 3.8) is 0 Å². The van der Waals surface area contributed by atoms with Crippen LogP contribution in [0.4, 0.5) is 0 Å². The zero-order chi connectivity index (χ0) is 44.6. The summed E-state index contributed by atoms with van der Waals surface area (Å²) >= 11 is 0. The van der Waals surface area contributed by atoms with Gasteiger partial charge in [0.2, 0.25) is 0 Å². The van der Waals surface area contributed by atoms with Crippen LogP contribution in [0.25, 0.3) is 46.1 Å². The molecule has 4 heterocycles. The van der Waals surface area contributed by atoms with Gasteiger partial charge in [-0.1, -0.05) is 109 Å². The maximum atomic E-state index is 5.95. The molecule has 0 aliphatic carbocycles. The van der Waals surface area contributed by atoms with Crippen LogP contribution in [0.5, 0.6) is 23.0 Å². The predicted octanol–water partition coefficient (Wildman–Crippen LogP) is 10.2. The Kier molecular flexibility index (Phi) is 13.7. The van der Waals surface area contributed by atoms with Gasteiger partial charge in [0, 0.05) is 10.8 Å². The normalized spacial score (nSPS) is 11.2. The second-order valence-electron chi connectivity index (χ2n) is 14.8. The summed E-state index contributed by atoms with van der Waals surface area (Å²) in [6.45, 7) is 1.79. The summed E-state index contributed by atoms with van der Waals surface area (Å²) in [6, 6.07) is 55.7. The summed E-state index contributed by atoms with van der Waals surface area (Å²) in [4.78, 5) is 9.29. The molecule has 0 aliphatic heterocycles. The third-order valence-corrected chi connectivity index (χ3v) is 10.1. The molecule has 0 saturated carbocycles. The average Bonchev–Trinajstić information content (AvgIpc) is 4.12. The van der Waals surface area contributed by atoms with Gasteiger partial charge in [0.15, 0.2) is 11.6 Å². The minimum absolute atomic E-state index is 0.421. The number of ether oxygens (including phenoxy) is 4. The Labute approximate surface area is 379 Å². The molecular weight excluding hydrogens is 829 g/mol. The summed E-state index contributed by atoms with van der Waals surface area (Å²) in [5, 5.41) is 29.7. The standard InChI is InChI=1S/2C26H21N5O2/c1-2-7-25-21(5-1)11-12-22(27-25)18-33-23-13-8-20(9-14-23)17-32-24-6-3-4-19(16-24)10-15-26-28-30-31-29-26;1-2-4-25-21(3-1)10-11-22(27-25)18-33-24-14-7-20(8-15-24)17-32-23-12-5-19(6-13-23)9-16-26-28-30-31-29-26/h2*1-16H,17-18H2,(H,28,29,30,31)/b15-10+;16-9+. The van der Waals surface area contributed by atoms with Crippen LogP contribution >= 0.6 is 0 Å². The van der Waals surface area contributed by atoms with E-state index in [1.54, 1.807) is 12.2 Å². The van der Waals surface area contributed by atoms with Crippen molar-refractivity contribution in [3.8, 4) is 23.0 Å². The zero-order valence-electron chi connectivity index (χ0n) is 35.5. The molecule has 66 heavy (non-hydrogen) atoms. The number of H-pyrrole nitrogens is 2. The quantitative estimate of drug-likeness (QED) is 0.0943. The van der Waals surface area contributed by atoms with Crippen LogP contribution < -0.4 is 18.9 Å². The van der Waals surface area contributed by atoms with Crippen molar-refractivity contribution in [1.82, 2.24) is 51.2 Å². The van der Waals surface area contributed by atoms with Gasteiger partial charge in [0.1, 0.15) is 49.4 Å². The number of hydrogen-bond donors (Lipinski definition) is 2. The fourth-order valence-corrected chi connectivity index (χ4v) is 6.59. The number of benzene rings is 6. The fraction of sp³-hybridized carbons (Fsp3) is 0.0769. The molecule has 6 aromatic carbocycles. The van der Waals surface area contributed by atoms with E-state index in [0.717, 1.165) is 78.4 Å². The van der Waals surface area contributed by atoms with Crippen molar-refractivity contribution in [2.45, 2.75) is 26.4 Å². The van der Waals surface area contributed by atoms with E-state index < -0.39 is 0 Å². The molecule has 0 saturated heterocycles. The first-order valence-electron chi connectivity index (χ1n) is 21.1. The van der Waals surface area contributed by atoms with Gasteiger partial charge < -0.3 is 18.9 Å². The largest absolute Gasteiger partial charge is 0.489 e. The molecule has 324 valence electrons. The summed E-state index contributed by atoms with van der Waals surface area (Å²) in [5.74, 6) is 4.24. The molecule has 0 unspecified atom stereocenters. The number of aromatic amines is 2. The van der Waals surface area contributed by atoms with Gasteiger partial charge in [-0.2, -0.15) is 10.4 Å². The number of nitrogens with one attached hydrogen (secondary N) is 2. The van der Waals surface area contributed by atoms with Crippen LogP contribution in [0.3, 0.4) is 0 Å². The molecular formula is C52H42N10O4. The second kappa shape index (κ2) is 21.4. The third kappa shape index (κ3) is 12.1. The van der Waals surface area contributed by atoms with Gasteiger partial charge in [0.05, 0.1) is 22.4 Å². The Hall–Kier alpha value is -9.04. The molecule has 0 bridgehead atoms. The van der Waals surface area contributed by atoms with Crippen LogP contribution in [0.1, 0.15) is 45.3 Å². The first kappa shape index (κ1) is 42.3. The number of pyridine rings is 2.